The van der Waals surface area contributed by atoms with Crippen molar-refractivity contribution in [2.24, 2.45) is 17.6 Å². The van der Waals surface area contributed by atoms with E-state index in [2.05, 4.69) is 4.90 Å². The first-order valence-corrected chi connectivity index (χ1v) is 7.42. The summed E-state index contributed by atoms with van der Waals surface area (Å²) in [5.74, 6) is 0.513. The van der Waals surface area contributed by atoms with Gasteiger partial charge in [-0.05, 0) is 38.3 Å². The van der Waals surface area contributed by atoms with Gasteiger partial charge in [0.25, 0.3) is 0 Å². The summed E-state index contributed by atoms with van der Waals surface area (Å²) >= 11 is 0. The van der Waals surface area contributed by atoms with Gasteiger partial charge in [-0.1, -0.05) is 0 Å². The van der Waals surface area contributed by atoms with Gasteiger partial charge in [0.2, 0.25) is 5.91 Å². The maximum Gasteiger partial charge on any atom is 0.308 e. The highest BCUT2D eigenvalue weighted by Gasteiger charge is 2.29. The van der Waals surface area contributed by atoms with E-state index in [1.807, 2.05) is 4.90 Å². The van der Waals surface area contributed by atoms with E-state index < -0.39 is 0 Å². The molecule has 0 spiro atoms. The van der Waals surface area contributed by atoms with Crippen LogP contribution >= 0.6 is 0 Å². The predicted octanol–water partition coefficient (Wildman–Crippen LogP) is -0.321. The molecule has 6 nitrogen and oxygen atoms in total. The number of hydrogen-bond acceptors (Lipinski definition) is 5. The van der Waals surface area contributed by atoms with E-state index in [0.717, 1.165) is 19.5 Å². The van der Waals surface area contributed by atoms with E-state index in [1.165, 1.54) is 7.11 Å². The Morgan fingerprint density at radius 1 is 1.20 bits per heavy atom. The molecule has 1 amide bonds. The van der Waals surface area contributed by atoms with Crippen molar-refractivity contribution in [3.05, 3.63) is 0 Å². The van der Waals surface area contributed by atoms with E-state index in [9.17, 15) is 9.59 Å². The molecule has 0 aromatic heterocycles. The van der Waals surface area contributed by atoms with Gasteiger partial charge in [-0.15, -0.1) is 0 Å². The zero-order chi connectivity index (χ0) is 14.5. The molecule has 114 valence electrons. The molecule has 2 saturated heterocycles. The van der Waals surface area contributed by atoms with Crippen molar-refractivity contribution in [1.82, 2.24) is 9.80 Å². The van der Waals surface area contributed by atoms with Gasteiger partial charge in [0.15, 0.2) is 0 Å². The van der Waals surface area contributed by atoms with Crippen LogP contribution in [0.1, 0.15) is 19.3 Å². The van der Waals surface area contributed by atoms with Gasteiger partial charge >= 0.3 is 5.97 Å². The molecular weight excluding hydrogens is 258 g/mol. The molecule has 2 aliphatic rings. The second-order valence-electron chi connectivity index (χ2n) is 5.80. The van der Waals surface area contributed by atoms with Crippen LogP contribution in [0.4, 0.5) is 0 Å². The lowest BCUT2D eigenvalue weighted by atomic mass is 9.97. The summed E-state index contributed by atoms with van der Waals surface area (Å²) in [7, 11) is 1.42. The Bertz CT molecular complexity index is 354. The van der Waals surface area contributed by atoms with Gasteiger partial charge in [0.05, 0.1) is 19.6 Å². The molecule has 0 aliphatic carbocycles. The van der Waals surface area contributed by atoms with E-state index in [-0.39, 0.29) is 17.8 Å². The molecule has 2 fully saturated rings. The average molecular weight is 283 g/mol. The second-order valence-corrected chi connectivity index (χ2v) is 5.80. The molecule has 0 saturated carbocycles. The fourth-order valence-electron chi connectivity index (χ4n) is 3.07. The van der Waals surface area contributed by atoms with Crippen LogP contribution in [0.2, 0.25) is 0 Å². The maximum atomic E-state index is 12.2. The molecule has 2 N–H and O–H groups in total. The molecule has 0 radical (unpaired) electrons. The number of ether oxygens (including phenoxy) is 1. The average Bonchev–Trinajstić information content (AvgIpc) is 2.94. The molecule has 0 bridgehead atoms. The summed E-state index contributed by atoms with van der Waals surface area (Å²) in [4.78, 5) is 27.7. The fraction of sp³-hybridized carbons (Fsp3) is 0.857. The summed E-state index contributed by atoms with van der Waals surface area (Å²) in [6.07, 6.45) is 2.52. The van der Waals surface area contributed by atoms with Crippen molar-refractivity contribution in [2.45, 2.75) is 19.3 Å². The van der Waals surface area contributed by atoms with Gasteiger partial charge in [0.1, 0.15) is 0 Å². The molecule has 1 atom stereocenters. The van der Waals surface area contributed by atoms with Crippen molar-refractivity contribution in [3.63, 3.8) is 0 Å². The Morgan fingerprint density at radius 2 is 1.90 bits per heavy atom. The number of carbonyl (C=O) groups excluding carboxylic acids is 2. The van der Waals surface area contributed by atoms with Crippen molar-refractivity contribution in [1.29, 1.82) is 0 Å². The third kappa shape index (κ3) is 3.70. The van der Waals surface area contributed by atoms with E-state index in [0.29, 0.717) is 44.9 Å². The first-order chi connectivity index (χ1) is 9.63. The Hall–Kier alpha value is -1.14. The lowest BCUT2D eigenvalue weighted by molar-refractivity contribution is -0.149. The Balaban J connectivity index is 1.73. The van der Waals surface area contributed by atoms with Gasteiger partial charge in [-0.3, -0.25) is 14.5 Å². The predicted molar refractivity (Wildman–Crippen MR) is 74.9 cm³/mol. The van der Waals surface area contributed by atoms with E-state index in [4.69, 9.17) is 10.5 Å². The Labute approximate surface area is 120 Å². The monoisotopic (exact) mass is 283 g/mol. The number of methoxy groups -OCH3 is 1. The van der Waals surface area contributed by atoms with Crippen LogP contribution in [0.25, 0.3) is 0 Å². The highest BCUT2D eigenvalue weighted by atomic mass is 16.5. The van der Waals surface area contributed by atoms with Crippen LogP contribution in [0.3, 0.4) is 0 Å². The number of nitrogens with zero attached hydrogens (tertiary/aromatic N) is 2. The quantitative estimate of drug-likeness (QED) is 0.716. The summed E-state index contributed by atoms with van der Waals surface area (Å²) < 4.78 is 4.75. The van der Waals surface area contributed by atoms with Crippen LogP contribution < -0.4 is 5.73 Å². The topological polar surface area (TPSA) is 75.9 Å². The Morgan fingerprint density at radius 3 is 2.45 bits per heavy atom. The largest absolute Gasteiger partial charge is 0.469 e. The van der Waals surface area contributed by atoms with E-state index in [1.54, 1.807) is 0 Å². The number of carbonyl (C=O) groups is 2. The fourth-order valence-corrected chi connectivity index (χ4v) is 3.07. The van der Waals surface area contributed by atoms with Crippen LogP contribution in [0.5, 0.6) is 0 Å². The van der Waals surface area contributed by atoms with Crippen LogP contribution in [0.15, 0.2) is 0 Å². The summed E-state index contributed by atoms with van der Waals surface area (Å²) in [5, 5.41) is 0. The number of likely N-dealkylation sites (tertiary alicyclic amines) is 2. The number of esters is 1. The van der Waals surface area contributed by atoms with Gasteiger partial charge in [-0.2, -0.15) is 0 Å². The minimum atomic E-state index is -0.151. The molecule has 0 aromatic rings. The second kappa shape index (κ2) is 7.04. The van der Waals surface area contributed by atoms with E-state index >= 15 is 0 Å². The van der Waals surface area contributed by atoms with Crippen LogP contribution in [-0.4, -0.2) is 68.1 Å². The smallest absolute Gasteiger partial charge is 0.308 e. The molecule has 2 rings (SSSR count). The summed E-state index contributed by atoms with van der Waals surface area (Å²) in [6, 6.07) is 0. The highest BCUT2D eigenvalue weighted by Crippen LogP contribution is 2.19. The molecule has 1 unspecified atom stereocenters. The molecular formula is C14H25N3O3. The summed E-state index contributed by atoms with van der Waals surface area (Å²) in [5.41, 5.74) is 5.66. The van der Waals surface area contributed by atoms with Crippen molar-refractivity contribution in [3.8, 4) is 0 Å². The number of hydrogen-bond donors (Lipinski definition) is 1. The lowest BCUT2D eigenvalue weighted by Gasteiger charge is -2.31. The van der Waals surface area contributed by atoms with Gasteiger partial charge in [-0.25, -0.2) is 0 Å². The number of nitrogens with two attached hydrogens (primary N) is 1. The SMILES string of the molecule is COC(=O)C1CCN(C(=O)CN2CCC(CN)C2)CC1. The van der Waals surface area contributed by atoms with Crippen molar-refractivity contribution >= 4 is 11.9 Å². The van der Waals surface area contributed by atoms with Gasteiger partial charge in [0, 0.05) is 19.6 Å². The third-order valence-electron chi connectivity index (χ3n) is 4.44. The number of amides is 1. The lowest BCUT2D eigenvalue weighted by Crippen LogP contribution is -2.45. The highest BCUT2D eigenvalue weighted by molar-refractivity contribution is 5.79. The third-order valence-corrected chi connectivity index (χ3v) is 4.44. The molecule has 6 heteroatoms. The molecule has 20 heavy (non-hydrogen) atoms. The molecule has 2 aliphatic heterocycles. The van der Waals surface area contributed by atoms with Crippen LogP contribution in [-0.2, 0) is 14.3 Å². The maximum absolute atomic E-state index is 12.2. The van der Waals surface area contributed by atoms with Crippen molar-refractivity contribution < 1.29 is 14.3 Å². The first kappa shape index (κ1) is 15.3. The zero-order valence-electron chi connectivity index (χ0n) is 12.2. The molecule has 0 aromatic carbocycles. The van der Waals surface area contributed by atoms with Gasteiger partial charge < -0.3 is 15.4 Å². The first-order valence-electron chi connectivity index (χ1n) is 7.42. The van der Waals surface area contributed by atoms with Crippen molar-refractivity contribution in [2.75, 3.05) is 46.4 Å². The summed E-state index contributed by atoms with van der Waals surface area (Å²) in [6.45, 7) is 4.40. The minimum Gasteiger partial charge on any atom is -0.469 e. The minimum absolute atomic E-state index is 0.0440. The number of piperidine rings is 1. The number of rotatable bonds is 4. The standard InChI is InChI=1S/C14H25N3O3/c1-20-14(19)12-3-6-17(7-4-12)13(18)10-16-5-2-11(8-15)9-16/h11-12H,2-10,15H2,1H3. The Kier molecular flexibility index (Phi) is 5.37. The normalized spacial score (nSPS) is 24.9. The van der Waals surface area contributed by atoms with Crippen LogP contribution in [0, 0.1) is 11.8 Å². The molecule has 2 heterocycles. The zero-order valence-corrected chi connectivity index (χ0v) is 12.2.